The summed E-state index contributed by atoms with van der Waals surface area (Å²) in [6, 6.07) is 0.647. The van der Waals surface area contributed by atoms with Crippen LogP contribution in [0.15, 0.2) is 0 Å². The fourth-order valence-electron chi connectivity index (χ4n) is 4.07. The highest BCUT2D eigenvalue weighted by molar-refractivity contribution is 7.86. The maximum absolute atomic E-state index is 12.7. The first kappa shape index (κ1) is 17.6. The van der Waals surface area contributed by atoms with Crippen LogP contribution in [0, 0.1) is 0 Å². The molecule has 0 aromatic carbocycles. The molecule has 0 aliphatic carbocycles. The van der Waals surface area contributed by atoms with Gasteiger partial charge in [0.15, 0.2) is 0 Å². The molecule has 6 nitrogen and oxygen atoms in total. The molecule has 3 aliphatic heterocycles. The number of piperazine rings is 1. The summed E-state index contributed by atoms with van der Waals surface area (Å²) >= 11 is 0. The van der Waals surface area contributed by atoms with Crippen LogP contribution in [0.3, 0.4) is 0 Å². The first-order valence-electron chi connectivity index (χ1n) is 9.25. The van der Waals surface area contributed by atoms with E-state index in [1.807, 2.05) is 0 Å². The molecule has 134 valence electrons. The molecule has 0 aromatic heterocycles. The summed E-state index contributed by atoms with van der Waals surface area (Å²) in [6.07, 6.45) is 7.10. The fraction of sp³-hybridized carbons (Fsp3) is 1.00. The van der Waals surface area contributed by atoms with Gasteiger partial charge in [0.2, 0.25) is 0 Å². The van der Waals surface area contributed by atoms with Gasteiger partial charge in [-0.15, -0.1) is 0 Å². The molecular formula is C16H32N4O2S. The van der Waals surface area contributed by atoms with Gasteiger partial charge in [0.1, 0.15) is 0 Å². The van der Waals surface area contributed by atoms with Gasteiger partial charge in [0.25, 0.3) is 10.2 Å². The van der Waals surface area contributed by atoms with Crippen LogP contribution in [0.1, 0.15) is 38.5 Å². The monoisotopic (exact) mass is 344 g/mol. The van der Waals surface area contributed by atoms with Crippen LogP contribution < -0.4 is 0 Å². The number of piperidine rings is 2. The Bertz CT molecular complexity index is 470. The van der Waals surface area contributed by atoms with Crippen molar-refractivity contribution in [3.63, 3.8) is 0 Å². The van der Waals surface area contributed by atoms with Crippen molar-refractivity contribution in [2.24, 2.45) is 0 Å². The van der Waals surface area contributed by atoms with Crippen molar-refractivity contribution >= 4 is 10.2 Å². The summed E-state index contributed by atoms with van der Waals surface area (Å²) in [5.41, 5.74) is 0. The number of hydrogen-bond donors (Lipinski definition) is 0. The second-order valence-electron chi connectivity index (χ2n) is 7.30. The number of nitrogens with zero attached hydrogens (tertiary/aromatic N) is 4. The van der Waals surface area contributed by atoms with Gasteiger partial charge in [-0.3, -0.25) is 4.90 Å². The van der Waals surface area contributed by atoms with Gasteiger partial charge in [-0.05, 0) is 39.3 Å². The van der Waals surface area contributed by atoms with Crippen molar-refractivity contribution in [1.29, 1.82) is 0 Å². The normalized spacial score (nSPS) is 30.6. The molecule has 0 aromatic rings. The highest BCUT2D eigenvalue weighted by Crippen LogP contribution is 2.20. The minimum atomic E-state index is -3.22. The molecule has 3 saturated heterocycles. The van der Waals surface area contributed by atoms with Crippen molar-refractivity contribution in [2.75, 3.05) is 59.4 Å². The van der Waals surface area contributed by atoms with Gasteiger partial charge in [-0.25, -0.2) is 0 Å². The predicted octanol–water partition coefficient (Wildman–Crippen LogP) is 0.819. The van der Waals surface area contributed by atoms with Crippen LogP contribution in [-0.4, -0.2) is 92.3 Å². The topological polar surface area (TPSA) is 47.1 Å². The maximum atomic E-state index is 12.7. The molecule has 23 heavy (non-hydrogen) atoms. The average Bonchev–Trinajstić information content (AvgIpc) is 2.58. The fourth-order valence-corrected chi connectivity index (χ4v) is 5.75. The minimum absolute atomic E-state index is 0.647. The summed E-state index contributed by atoms with van der Waals surface area (Å²) in [7, 11) is -1.000. The van der Waals surface area contributed by atoms with Gasteiger partial charge < -0.3 is 4.90 Å². The second-order valence-corrected chi connectivity index (χ2v) is 9.23. The van der Waals surface area contributed by atoms with Crippen molar-refractivity contribution in [3.8, 4) is 0 Å². The highest BCUT2D eigenvalue weighted by Gasteiger charge is 2.33. The zero-order valence-electron chi connectivity index (χ0n) is 14.5. The van der Waals surface area contributed by atoms with Gasteiger partial charge in [-0.2, -0.15) is 17.0 Å². The van der Waals surface area contributed by atoms with Crippen LogP contribution in [0.2, 0.25) is 0 Å². The van der Waals surface area contributed by atoms with Crippen LogP contribution in [0.25, 0.3) is 0 Å². The number of hydrogen-bond acceptors (Lipinski definition) is 4. The first-order valence-corrected chi connectivity index (χ1v) is 10.6. The molecule has 3 fully saturated rings. The van der Waals surface area contributed by atoms with Crippen molar-refractivity contribution in [3.05, 3.63) is 0 Å². The summed E-state index contributed by atoms with van der Waals surface area (Å²) in [5, 5.41) is 0. The molecule has 7 heteroatoms. The number of rotatable bonds is 4. The Balaban J connectivity index is 1.49. The summed E-state index contributed by atoms with van der Waals surface area (Å²) < 4.78 is 28.8. The Hall–Kier alpha value is -0.210. The van der Waals surface area contributed by atoms with Gasteiger partial charge in [0, 0.05) is 51.9 Å². The Morgan fingerprint density at radius 2 is 1.39 bits per heavy atom. The van der Waals surface area contributed by atoms with Gasteiger partial charge in [0.05, 0.1) is 0 Å². The molecular weight excluding hydrogens is 312 g/mol. The van der Waals surface area contributed by atoms with Crippen LogP contribution in [0.4, 0.5) is 0 Å². The molecule has 0 bridgehead atoms. The van der Waals surface area contributed by atoms with E-state index in [4.69, 9.17) is 0 Å². The van der Waals surface area contributed by atoms with E-state index in [1.165, 1.54) is 25.8 Å². The van der Waals surface area contributed by atoms with E-state index in [2.05, 4.69) is 16.8 Å². The highest BCUT2D eigenvalue weighted by atomic mass is 32.2. The Morgan fingerprint density at radius 3 is 2.04 bits per heavy atom. The third-order valence-electron chi connectivity index (χ3n) is 5.69. The van der Waals surface area contributed by atoms with E-state index >= 15 is 0 Å². The van der Waals surface area contributed by atoms with Crippen LogP contribution in [0.5, 0.6) is 0 Å². The lowest BCUT2D eigenvalue weighted by Crippen LogP contribution is -2.55. The van der Waals surface area contributed by atoms with E-state index in [1.54, 1.807) is 8.61 Å². The third kappa shape index (κ3) is 4.25. The largest absolute Gasteiger partial charge is 0.302 e. The van der Waals surface area contributed by atoms with Crippen molar-refractivity contribution in [1.82, 2.24) is 18.4 Å². The van der Waals surface area contributed by atoms with E-state index in [9.17, 15) is 8.42 Å². The lowest BCUT2D eigenvalue weighted by Gasteiger charge is -2.41. The number of likely N-dealkylation sites (tertiary alicyclic amines) is 1. The second kappa shape index (κ2) is 7.78. The summed E-state index contributed by atoms with van der Waals surface area (Å²) in [5.74, 6) is 0. The average molecular weight is 345 g/mol. The first-order chi connectivity index (χ1) is 11.1. The van der Waals surface area contributed by atoms with Crippen LogP contribution >= 0.6 is 0 Å². The quantitative estimate of drug-likeness (QED) is 0.758. The molecule has 0 spiro atoms. The van der Waals surface area contributed by atoms with E-state index in [0.29, 0.717) is 32.2 Å². The zero-order valence-corrected chi connectivity index (χ0v) is 15.3. The lowest BCUT2D eigenvalue weighted by atomic mass is 10.0. The molecule has 0 radical (unpaired) electrons. The molecule has 3 rings (SSSR count). The smallest absolute Gasteiger partial charge is 0.282 e. The SMILES string of the molecule is CN1CCCCC1CN1CCN(S(=O)(=O)N2CCCCC2)CC1. The molecule has 3 heterocycles. The Labute approximate surface area is 141 Å². The molecule has 1 unspecified atom stereocenters. The standard InChI is InChI=1S/C16H32N4O2S/c1-17-8-6-3-7-16(17)15-18-11-13-20(14-12-18)23(21,22)19-9-4-2-5-10-19/h16H,2-15H2,1H3. The molecule has 0 saturated carbocycles. The Kier molecular flexibility index (Phi) is 5.96. The van der Waals surface area contributed by atoms with Crippen molar-refractivity contribution < 1.29 is 8.42 Å². The Morgan fingerprint density at radius 1 is 0.783 bits per heavy atom. The predicted molar refractivity (Wildman–Crippen MR) is 92.6 cm³/mol. The number of likely N-dealkylation sites (N-methyl/N-ethyl adjacent to an activating group) is 1. The van der Waals surface area contributed by atoms with E-state index in [-0.39, 0.29) is 0 Å². The third-order valence-corrected chi connectivity index (χ3v) is 7.72. The van der Waals surface area contributed by atoms with Crippen LogP contribution in [-0.2, 0) is 10.2 Å². The minimum Gasteiger partial charge on any atom is -0.302 e. The van der Waals surface area contributed by atoms with E-state index < -0.39 is 10.2 Å². The molecule has 3 aliphatic rings. The zero-order chi connectivity index (χ0) is 16.3. The van der Waals surface area contributed by atoms with Gasteiger partial charge in [-0.1, -0.05) is 12.8 Å². The lowest BCUT2D eigenvalue weighted by molar-refractivity contribution is 0.104. The van der Waals surface area contributed by atoms with E-state index in [0.717, 1.165) is 38.9 Å². The molecule has 1 atom stereocenters. The molecule has 0 amide bonds. The summed E-state index contributed by atoms with van der Waals surface area (Å²) in [4.78, 5) is 4.93. The maximum Gasteiger partial charge on any atom is 0.282 e. The van der Waals surface area contributed by atoms with Crippen molar-refractivity contribution in [2.45, 2.75) is 44.6 Å². The summed E-state index contributed by atoms with van der Waals surface area (Å²) in [6.45, 7) is 6.74. The van der Waals surface area contributed by atoms with Gasteiger partial charge >= 0.3 is 0 Å². The molecule has 0 N–H and O–H groups in total.